The first kappa shape index (κ1) is 14.7. The molecule has 1 aromatic carbocycles. The maximum absolute atomic E-state index is 11.4. The number of unbranched alkanes of at least 4 members (excludes halogenated alkanes) is 1. The third-order valence-electron chi connectivity index (χ3n) is 3.37. The molecule has 18 heavy (non-hydrogen) atoms. The zero-order valence-corrected chi connectivity index (χ0v) is 11.2. The van der Waals surface area contributed by atoms with E-state index in [0.717, 1.165) is 18.4 Å². The molecule has 0 radical (unpaired) electrons. The number of rotatable bonds is 7. The fourth-order valence-electron chi connectivity index (χ4n) is 2.20. The molecule has 3 heteroatoms. The number of carbonyl (C=O) groups is 1. The summed E-state index contributed by atoms with van der Waals surface area (Å²) in [6.45, 7) is 4.36. The third-order valence-corrected chi connectivity index (χ3v) is 3.37. The Bertz CT molecular complexity index is 374. The van der Waals surface area contributed by atoms with Gasteiger partial charge in [-0.2, -0.15) is 5.26 Å². The van der Waals surface area contributed by atoms with Gasteiger partial charge in [-0.25, -0.2) is 4.79 Å². The number of carbonyl (C=O) groups excluding carboxylic acids is 1. The van der Waals surface area contributed by atoms with Crippen LogP contribution < -0.4 is 0 Å². The van der Waals surface area contributed by atoms with Gasteiger partial charge in [0.05, 0.1) is 5.56 Å². The Balaban J connectivity index is 2.78. The zero-order chi connectivity index (χ0) is 13.4. The molecular weight excluding hydrogens is 228 g/mol. The average Bonchev–Trinajstić information content (AvgIpc) is 2.43. The average molecular weight is 250 g/mol. The van der Waals surface area contributed by atoms with E-state index in [4.69, 9.17) is 5.26 Å². The first-order chi connectivity index (χ1) is 8.72. The lowest BCUT2D eigenvalue weighted by Crippen LogP contribution is -2.10. The van der Waals surface area contributed by atoms with Crippen LogP contribution in [0, 0.1) is 5.92 Å². The number of hydrogen-bond acceptors (Lipinski definition) is 3. The maximum Gasteiger partial charge on any atom is 0.373 e. The highest BCUT2D eigenvalue weighted by Crippen LogP contribution is 2.21. The molecule has 1 unspecified atom stereocenters. The van der Waals surface area contributed by atoms with Crippen LogP contribution in [0.15, 0.2) is 24.3 Å². The highest BCUT2D eigenvalue weighted by atomic mass is 17.1. The molecule has 0 heterocycles. The Labute approximate surface area is 109 Å². The molecule has 0 fully saturated rings. The van der Waals surface area contributed by atoms with Gasteiger partial charge in [-0.3, -0.25) is 4.89 Å². The highest BCUT2D eigenvalue weighted by molar-refractivity contribution is 5.90. The molecule has 0 saturated carbocycles. The van der Waals surface area contributed by atoms with Crippen molar-refractivity contribution in [3.8, 4) is 0 Å². The second-order valence-electron chi connectivity index (χ2n) is 4.66. The van der Waals surface area contributed by atoms with Crippen molar-refractivity contribution in [2.45, 2.75) is 46.0 Å². The van der Waals surface area contributed by atoms with Crippen molar-refractivity contribution in [2.24, 2.45) is 5.92 Å². The lowest BCUT2D eigenvalue weighted by molar-refractivity contribution is -0.182. The molecule has 100 valence electrons. The maximum atomic E-state index is 11.4. The van der Waals surface area contributed by atoms with Crippen LogP contribution in [-0.4, -0.2) is 11.2 Å². The lowest BCUT2D eigenvalue weighted by atomic mass is 9.90. The van der Waals surface area contributed by atoms with Crippen LogP contribution in [0.4, 0.5) is 0 Å². The molecule has 1 aromatic rings. The van der Waals surface area contributed by atoms with Crippen molar-refractivity contribution >= 4 is 5.97 Å². The van der Waals surface area contributed by atoms with Crippen LogP contribution in [0.2, 0.25) is 0 Å². The molecule has 0 saturated heterocycles. The van der Waals surface area contributed by atoms with Crippen LogP contribution in [0.3, 0.4) is 0 Å². The summed E-state index contributed by atoms with van der Waals surface area (Å²) in [6, 6.07) is 7.32. The van der Waals surface area contributed by atoms with E-state index in [-0.39, 0.29) is 0 Å². The Morgan fingerprint density at radius 2 is 2.06 bits per heavy atom. The molecule has 0 spiro atoms. The number of benzene rings is 1. The first-order valence-electron chi connectivity index (χ1n) is 6.66. The van der Waals surface area contributed by atoms with E-state index < -0.39 is 5.97 Å². The molecule has 1 rings (SSSR count). The van der Waals surface area contributed by atoms with E-state index in [1.54, 1.807) is 12.1 Å². The van der Waals surface area contributed by atoms with Gasteiger partial charge in [0.2, 0.25) is 0 Å². The van der Waals surface area contributed by atoms with E-state index >= 15 is 0 Å². The standard InChI is InChI=1S/C15H22O3/c1-3-5-8-12(4-2)11-13-9-6-7-10-14(13)15(16)18-17/h6-7,9-10,12,17H,3-5,8,11H2,1-2H3. The molecular formula is C15H22O3. The topological polar surface area (TPSA) is 46.5 Å². The summed E-state index contributed by atoms with van der Waals surface area (Å²) in [6.07, 6.45) is 5.54. The highest BCUT2D eigenvalue weighted by Gasteiger charge is 2.15. The molecule has 0 aliphatic carbocycles. The van der Waals surface area contributed by atoms with Gasteiger partial charge in [0.1, 0.15) is 0 Å². The van der Waals surface area contributed by atoms with Crippen LogP contribution in [0.5, 0.6) is 0 Å². The summed E-state index contributed by atoms with van der Waals surface area (Å²) < 4.78 is 0. The Morgan fingerprint density at radius 3 is 2.67 bits per heavy atom. The van der Waals surface area contributed by atoms with E-state index in [1.807, 2.05) is 12.1 Å². The minimum atomic E-state index is -0.670. The van der Waals surface area contributed by atoms with Gasteiger partial charge < -0.3 is 0 Å². The Morgan fingerprint density at radius 1 is 1.33 bits per heavy atom. The predicted molar refractivity (Wildman–Crippen MR) is 71.5 cm³/mol. The van der Waals surface area contributed by atoms with Crippen LogP contribution in [0.1, 0.15) is 55.5 Å². The Hall–Kier alpha value is -1.35. The largest absolute Gasteiger partial charge is 0.373 e. The molecule has 0 aliphatic rings. The number of hydrogen-bond donors (Lipinski definition) is 1. The zero-order valence-electron chi connectivity index (χ0n) is 11.2. The SMILES string of the molecule is CCCCC(CC)Cc1ccccc1C(=O)OO. The van der Waals surface area contributed by atoms with Crippen LogP contribution in [0.25, 0.3) is 0 Å². The minimum Gasteiger partial charge on any atom is -0.295 e. The molecule has 1 atom stereocenters. The van der Waals surface area contributed by atoms with Crippen molar-refractivity contribution in [3.63, 3.8) is 0 Å². The fraction of sp³-hybridized carbons (Fsp3) is 0.533. The van der Waals surface area contributed by atoms with Gasteiger partial charge in [-0.05, 0) is 24.0 Å². The third kappa shape index (κ3) is 4.15. The fourth-order valence-corrected chi connectivity index (χ4v) is 2.20. The van der Waals surface area contributed by atoms with Crippen molar-refractivity contribution in [2.75, 3.05) is 0 Å². The second kappa shape index (κ2) is 7.88. The van der Waals surface area contributed by atoms with E-state index in [0.29, 0.717) is 11.5 Å². The Kier molecular flexibility index (Phi) is 6.44. The van der Waals surface area contributed by atoms with Gasteiger partial charge in [0.25, 0.3) is 0 Å². The monoisotopic (exact) mass is 250 g/mol. The quantitative estimate of drug-likeness (QED) is 0.586. The summed E-state index contributed by atoms with van der Waals surface area (Å²) >= 11 is 0. The van der Waals surface area contributed by atoms with Gasteiger partial charge >= 0.3 is 5.97 Å². The van der Waals surface area contributed by atoms with Crippen LogP contribution in [-0.2, 0) is 11.3 Å². The summed E-state index contributed by atoms with van der Waals surface area (Å²) in [7, 11) is 0. The summed E-state index contributed by atoms with van der Waals surface area (Å²) in [4.78, 5) is 15.3. The summed E-state index contributed by atoms with van der Waals surface area (Å²) in [5, 5.41) is 8.50. The van der Waals surface area contributed by atoms with Crippen molar-refractivity contribution < 1.29 is 14.9 Å². The van der Waals surface area contributed by atoms with Crippen LogP contribution >= 0.6 is 0 Å². The van der Waals surface area contributed by atoms with Gasteiger partial charge in [-0.1, -0.05) is 57.7 Å². The molecule has 0 aromatic heterocycles. The lowest BCUT2D eigenvalue weighted by Gasteiger charge is -2.16. The molecule has 3 nitrogen and oxygen atoms in total. The van der Waals surface area contributed by atoms with Gasteiger partial charge in [0.15, 0.2) is 0 Å². The predicted octanol–water partition coefficient (Wildman–Crippen LogP) is 4.08. The molecule has 1 N–H and O–H groups in total. The minimum absolute atomic E-state index is 0.468. The molecule has 0 amide bonds. The van der Waals surface area contributed by atoms with E-state index in [1.165, 1.54) is 19.3 Å². The van der Waals surface area contributed by atoms with Crippen molar-refractivity contribution in [1.82, 2.24) is 0 Å². The first-order valence-corrected chi connectivity index (χ1v) is 6.66. The summed E-state index contributed by atoms with van der Waals surface area (Å²) in [5.74, 6) is -0.0893. The molecule has 0 bridgehead atoms. The summed E-state index contributed by atoms with van der Waals surface area (Å²) in [5.41, 5.74) is 1.43. The smallest absolute Gasteiger partial charge is 0.295 e. The van der Waals surface area contributed by atoms with Gasteiger partial charge in [0, 0.05) is 0 Å². The van der Waals surface area contributed by atoms with Gasteiger partial charge in [-0.15, -0.1) is 0 Å². The molecule has 0 aliphatic heterocycles. The van der Waals surface area contributed by atoms with E-state index in [9.17, 15) is 4.79 Å². The van der Waals surface area contributed by atoms with Crippen molar-refractivity contribution in [3.05, 3.63) is 35.4 Å². The van der Waals surface area contributed by atoms with Crippen molar-refractivity contribution in [1.29, 1.82) is 0 Å². The second-order valence-corrected chi connectivity index (χ2v) is 4.66. The normalized spacial score (nSPS) is 12.2. The van der Waals surface area contributed by atoms with E-state index in [2.05, 4.69) is 18.7 Å².